The normalized spacial score (nSPS) is 14.3. The van der Waals surface area contributed by atoms with Crippen molar-refractivity contribution in [3.8, 4) is 11.5 Å². The lowest BCUT2D eigenvalue weighted by molar-refractivity contribution is -0.893. The van der Waals surface area contributed by atoms with Gasteiger partial charge >= 0.3 is 0 Å². The molecule has 1 aliphatic rings. The van der Waals surface area contributed by atoms with Gasteiger partial charge in [0, 0.05) is 13.0 Å². The number of carbonyl (C=O) groups excluding carboxylic acids is 1. The Morgan fingerprint density at radius 3 is 2.62 bits per heavy atom. The molecular formula is C25H32N5O3S+. The highest BCUT2D eigenvalue weighted by molar-refractivity contribution is 8.00. The molecule has 1 aromatic heterocycles. The molecule has 8 nitrogen and oxygen atoms in total. The zero-order chi connectivity index (χ0) is 24.1. The van der Waals surface area contributed by atoms with Crippen molar-refractivity contribution >= 4 is 17.7 Å². The molecule has 34 heavy (non-hydrogen) atoms. The molecule has 0 saturated heterocycles. The van der Waals surface area contributed by atoms with E-state index in [-0.39, 0.29) is 24.0 Å². The molecule has 3 aromatic rings. The molecule has 0 unspecified atom stereocenters. The van der Waals surface area contributed by atoms with Gasteiger partial charge < -0.3 is 19.7 Å². The quantitative estimate of drug-likeness (QED) is 0.432. The number of nitrogens with zero attached hydrogens (tertiary/aromatic N) is 3. The van der Waals surface area contributed by atoms with Crippen LogP contribution in [0.4, 0.5) is 0 Å². The van der Waals surface area contributed by atoms with Gasteiger partial charge in [0.2, 0.25) is 12.7 Å². The van der Waals surface area contributed by atoms with E-state index in [1.165, 1.54) is 22.2 Å². The Morgan fingerprint density at radius 2 is 1.88 bits per heavy atom. The van der Waals surface area contributed by atoms with Crippen LogP contribution in [0.5, 0.6) is 11.5 Å². The average Bonchev–Trinajstić information content (AvgIpc) is 3.45. The Kier molecular flexibility index (Phi) is 7.74. The fraction of sp³-hybridized carbons (Fsp3) is 0.400. The largest absolute Gasteiger partial charge is 0.454 e. The Morgan fingerprint density at radius 1 is 1.12 bits per heavy atom. The third kappa shape index (κ3) is 5.53. The van der Waals surface area contributed by atoms with Crippen LogP contribution in [-0.4, -0.2) is 46.8 Å². The Bertz CT molecular complexity index is 1120. The molecule has 2 atom stereocenters. The van der Waals surface area contributed by atoms with Crippen molar-refractivity contribution in [1.82, 2.24) is 20.1 Å². The number of rotatable bonds is 10. The number of nitrogens with one attached hydrogen (secondary N) is 2. The first-order valence-electron chi connectivity index (χ1n) is 11.6. The zero-order valence-electron chi connectivity index (χ0n) is 20.1. The van der Waals surface area contributed by atoms with Gasteiger partial charge in [0.05, 0.1) is 25.9 Å². The first-order valence-corrected chi connectivity index (χ1v) is 12.4. The van der Waals surface area contributed by atoms with Crippen LogP contribution in [0.25, 0.3) is 0 Å². The molecular weight excluding hydrogens is 450 g/mol. The van der Waals surface area contributed by atoms with Crippen molar-refractivity contribution in [3.63, 3.8) is 0 Å². The molecule has 1 aliphatic heterocycles. The van der Waals surface area contributed by atoms with E-state index >= 15 is 0 Å². The first kappa shape index (κ1) is 24.1. The monoisotopic (exact) mass is 482 g/mol. The summed E-state index contributed by atoms with van der Waals surface area (Å²) in [5.74, 6) is 2.34. The second-order valence-corrected chi connectivity index (χ2v) is 9.92. The maximum Gasteiger partial charge on any atom is 0.233 e. The molecule has 0 bridgehead atoms. The molecule has 4 rings (SSSR count). The van der Waals surface area contributed by atoms with Gasteiger partial charge in [-0.2, -0.15) is 0 Å². The van der Waals surface area contributed by atoms with Gasteiger partial charge in [-0.05, 0) is 30.2 Å². The number of ether oxygens (including phenoxy) is 2. The van der Waals surface area contributed by atoms with Crippen molar-refractivity contribution in [2.75, 3.05) is 20.9 Å². The van der Waals surface area contributed by atoms with Crippen LogP contribution in [-0.2, 0) is 17.9 Å². The van der Waals surface area contributed by atoms with E-state index in [1.807, 2.05) is 43.3 Å². The molecule has 2 N–H and O–H groups in total. The van der Waals surface area contributed by atoms with E-state index in [1.54, 1.807) is 0 Å². The summed E-state index contributed by atoms with van der Waals surface area (Å²) in [5.41, 5.74) is 2.14. The summed E-state index contributed by atoms with van der Waals surface area (Å²) >= 11 is 1.44. The molecule has 0 radical (unpaired) electrons. The summed E-state index contributed by atoms with van der Waals surface area (Å²) in [6, 6.07) is 16.2. The van der Waals surface area contributed by atoms with Gasteiger partial charge in [-0.15, -0.1) is 10.2 Å². The summed E-state index contributed by atoms with van der Waals surface area (Å²) in [7, 11) is 4.27. The Balaban J connectivity index is 1.47. The van der Waals surface area contributed by atoms with E-state index in [4.69, 9.17) is 9.47 Å². The molecule has 1 amide bonds. The van der Waals surface area contributed by atoms with Crippen molar-refractivity contribution in [2.24, 2.45) is 0 Å². The van der Waals surface area contributed by atoms with Crippen LogP contribution in [0.1, 0.15) is 43.3 Å². The minimum Gasteiger partial charge on any atom is -0.454 e. The highest BCUT2D eigenvalue weighted by atomic mass is 32.2. The molecule has 0 spiro atoms. The fourth-order valence-electron chi connectivity index (χ4n) is 4.00. The predicted molar refractivity (Wildman–Crippen MR) is 131 cm³/mol. The number of benzene rings is 2. The summed E-state index contributed by atoms with van der Waals surface area (Å²) in [6.45, 7) is 5.39. The van der Waals surface area contributed by atoms with Crippen molar-refractivity contribution in [2.45, 2.75) is 49.8 Å². The number of hydrogen-bond donors (Lipinski definition) is 2. The van der Waals surface area contributed by atoms with Crippen LogP contribution in [0.3, 0.4) is 0 Å². The van der Waals surface area contributed by atoms with Crippen LogP contribution < -0.4 is 19.7 Å². The van der Waals surface area contributed by atoms with Crippen molar-refractivity contribution < 1.29 is 19.2 Å². The van der Waals surface area contributed by atoms with Gasteiger partial charge in [-0.1, -0.05) is 55.1 Å². The van der Waals surface area contributed by atoms with Crippen LogP contribution >= 0.6 is 11.8 Å². The van der Waals surface area contributed by atoms with E-state index in [2.05, 4.69) is 53.2 Å². The lowest BCUT2D eigenvalue weighted by atomic mass is 10.2. The average molecular weight is 483 g/mol. The van der Waals surface area contributed by atoms with Gasteiger partial charge in [0.15, 0.2) is 22.5 Å². The van der Waals surface area contributed by atoms with Crippen LogP contribution in [0.15, 0.2) is 53.7 Å². The number of hydrogen-bond acceptors (Lipinski definition) is 6. The number of quaternary nitrogens is 1. The number of thioether (sulfide) groups is 1. The smallest absolute Gasteiger partial charge is 0.233 e. The minimum atomic E-state index is -0.327. The fourth-order valence-corrected chi connectivity index (χ4v) is 4.88. The van der Waals surface area contributed by atoms with E-state index in [0.717, 1.165) is 28.7 Å². The van der Waals surface area contributed by atoms with Gasteiger partial charge in [-0.3, -0.25) is 9.36 Å². The molecule has 2 heterocycles. The minimum absolute atomic E-state index is 0.0521. The Labute approximate surface area is 204 Å². The lowest BCUT2D eigenvalue weighted by Crippen LogP contribution is -3.06. The number of carbonyl (C=O) groups is 1. The topological polar surface area (TPSA) is 82.7 Å². The van der Waals surface area contributed by atoms with Crippen LogP contribution in [0, 0.1) is 0 Å². The summed E-state index contributed by atoms with van der Waals surface area (Å²) in [5, 5.41) is 12.5. The molecule has 9 heteroatoms. The second-order valence-electron chi connectivity index (χ2n) is 8.62. The standard InChI is InChI=1S/C25H31N5O3S/c1-5-20(29(3)4)23-27-28-25(30(23)15-18-9-7-6-8-10-18)34-17(2)24(31)26-14-19-11-12-21-22(13-19)33-16-32-21/h6-13,17,20H,5,14-16H2,1-4H3,(H,26,31)/p+1/t17-,20-/m0/s1. The zero-order valence-corrected chi connectivity index (χ0v) is 20.9. The number of aromatic nitrogens is 3. The molecule has 0 aliphatic carbocycles. The van der Waals surface area contributed by atoms with Crippen molar-refractivity contribution in [3.05, 3.63) is 65.5 Å². The maximum atomic E-state index is 12.9. The molecule has 0 saturated carbocycles. The van der Waals surface area contributed by atoms with E-state index in [0.29, 0.717) is 18.8 Å². The third-order valence-corrected chi connectivity index (χ3v) is 6.98. The first-order chi connectivity index (χ1) is 16.5. The SMILES string of the molecule is CC[C@@H](c1nnc(S[C@@H](C)C(=O)NCc2ccc3c(c2)OCO3)n1Cc1ccccc1)[NH+](C)C. The van der Waals surface area contributed by atoms with E-state index in [9.17, 15) is 4.79 Å². The summed E-state index contributed by atoms with van der Waals surface area (Å²) in [4.78, 5) is 14.2. The number of fused-ring (bicyclic) bond motifs is 1. The maximum absolute atomic E-state index is 12.9. The van der Waals surface area contributed by atoms with E-state index < -0.39 is 0 Å². The molecule has 0 fully saturated rings. The summed E-state index contributed by atoms with van der Waals surface area (Å²) in [6.07, 6.45) is 0.950. The highest BCUT2D eigenvalue weighted by Gasteiger charge is 2.27. The molecule has 2 aromatic carbocycles. The Hall–Kier alpha value is -3.04. The predicted octanol–water partition coefficient (Wildman–Crippen LogP) is 2.45. The second kappa shape index (κ2) is 10.9. The highest BCUT2D eigenvalue weighted by Crippen LogP contribution is 2.32. The number of amides is 1. The molecule has 180 valence electrons. The lowest BCUT2D eigenvalue weighted by Gasteiger charge is -2.21. The summed E-state index contributed by atoms with van der Waals surface area (Å²) < 4.78 is 12.9. The van der Waals surface area contributed by atoms with Gasteiger partial charge in [0.1, 0.15) is 6.04 Å². The van der Waals surface area contributed by atoms with Gasteiger partial charge in [0.25, 0.3) is 0 Å². The van der Waals surface area contributed by atoms with Crippen molar-refractivity contribution in [1.29, 1.82) is 0 Å². The van der Waals surface area contributed by atoms with Crippen LogP contribution in [0.2, 0.25) is 0 Å². The third-order valence-electron chi connectivity index (χ3n) is 5.90. The van der Waals surface area contributed by atoms with Gasteiger partial charge in [-0.25, -0.2) is 0 Å².